The van der Waals surface area contributed by atoms with Crippen LogP contribution in [-0.2, 0) is 0 Å². The van der Waals surface area contributed by atoms with Gasteiger partial charge in [-0.1, -0.05) is 25.7 Å². The maximum atomic E-state index is 12.2. The van der Waals surface area contributed by atoms with Gasteiger partial charge in [0.05, 0.1) is 5.69 Å². The predicted octanol–water partition coefficient (Wildman–Crippen LogP) is 3.76. The number of amides is 2. The maximum absolute atomic E-state index is 12.2. The minimum absolute atomic E-state index is 0.124. The highest BCUT2D eigenvalue weighted by Gasteiger charge is 2.38. The summed E-state index contributed by atoms with van der Waals surface area (Å²) in [6, 6.07) is -0.124. The molecule has 1 saturated carbocycles. The summed E-state index contributed by atoms with van der Waals surface area (Å²) in [6.45, 7) is 5.07. The summed E-state index contributed by atoms with van der Waals surface area (Å²) in [7, 11) is 0. The van der Waals surface area contributed by atoms with E-state index in [1.54, 1.807) is 0 Å². The number of rotatable bonds is 4. The van der Waals surface area contributed by atoms with Crippen molar-refractivity contribution in [2.75, 3.05) is 25.0 Å². The lowest BCUT2D eigenvalue weighted by Gasteiger charge is -2.48. The van der Waals surface area contributed by atoms with E-state index >= 15 is 0 Å². The zero-order valence-corrected chi connectivity index (χ0v) is 14.9. The number of nitrogens with one attached hydrogen (secondary N) is 2. The van der Waals surface area contributed by atoms with Gasteiger partial charge in [0, 0.05) is 17.5 Å². The number of nitrogens with zero attached hydrogens (tertiary/aromatic N) is 2. The Hall–Kier alpha value is -1.14. The summed E-state index contributed by atoms with van der Waals surface area (Å²) in [5, 5.41) is 8.61. The number of aryl methyl sites for hydroxylation is 1. The Balaban J connectivity index is 1.58. The summed E-state index contributed by atoms with van der Waals surface area (Å²) in [4.78, 5) is 19.2. The molecule has 1 aliphatic carbocycles. The molecule has 1 saturated heterocycles. The quantitative estimate of drug-likeness (QED) is 0.880. The third kappa shape index (κ3) is 4.23. The van der Waals surface area contributed by atoms with Crippen molar-refractivity contribution >= 4 is 22.5 Å². The van der Waals surface area contributed by atoms with Crippen molar-refractivity contribution in [3.8, 4) is 0 Å². The minimum atomic E-state index is -0.124. The first-order chi connectivity index (χ1) is 11.2. The van der Waals surface area contributed by atoms with Gasteiger partial charge in [-0.3, -0.25) is 10.2 Å². The van der Waals surface area contributed by atoms with Crippen molar-refractivity contribution in [1.82, 2.24) is 15.2 Å². The summed E-state index contributed by atoms with van der Waals surface area (Å²) >= 11 is 1.47. The molecule has 2 amide bonds. The van der Waals surface area contributed by atoms with Crippen molar-refractivity contribution in [2.24, 2.45) is 0 Å². The van der Waals surface area contributed by atoms with Crippen LogP contribution in [0.1, 0.15) is 57.1 Å². The van der Waals surface area contributed by atoms with E-state index < -0.39 is 0 Å². The predicted molar refractivity (Wildman–Crippen MR) is 95.1 cm³/mol. The molecule has 1 aromatic rings. The van der Waals surface area contributed by atoms with Gasteiger partial charge in [-0.25, -0.2) is 9.78 Å². The van der Waals surface area contributed by atoms with E-state index in [-0.39, 0.29) is 11.6 Å². The van der Waals surface area contributed by atoms with Crippen LogP contribution in [0.25, 0.3) is 0 Å². The fourth-order valence-electron chi connectivity index (χ4n) is 3.98. The lowest BCUT2D eigenvalue weighted by atomic mass is 9.79. The van der Waals surface area contributed by atoms with Gasteiger partial charge in [-0.2, -0.15) is 0 Å². The Labute approximate surface area is 142 Å². The molecule has 1 aliphatic heterocycles. The topological polar surface area (TPSA) is 57.3 Å². The van der Waals surface area contributed by atoms with Gasteiger partial charge in [0.15, 0.2) is 5.13 Å². The van der Waals surface area contributed by atoms with Gasteiger partial charge in [-0.05, 0) is 45.7 Å². The van der Waals surface area contributed by atoms with Crippen LogP contribution in [0.5, 0.6) is 0 Å². The van der Waals surface area contributed by atoms with Crippen LogP contribution in [0.4, 0.5) is 9.93 Å². The lowest BCUT2D eigenvalue weighted by Crippen LogP contribution is -2.58. The van der Waals surface area contributed by atoms with Gasteiger partial charge in [0.1, 0.15) is 0 Å². The molecule has 0 radical (unpaired) electrons. The van der Waals surface area contributed by atoms with Crippen molar-refractivity contribution in [2.45, 2.75) is 63.8 Å². The highest BCUT2D eigenvalue weighted by atomic mass is 32.1. The van der Waals surface area contributed by atoms with E-state index in [4.69, 9.17) is 0 Å². The first kappa shape index (κ1) is 16.7. The SMILES string of the molecule is Cc1csc(NC(=O)NCC2(N3CCCCC3)CCCCC2)n1. The monoisotopic (exact) mass is 336 g/mol. The number of likely N-dealkylation sites (tertiary alicyclic amines) is 1. The second-order valence-corrected chi connectivity index (χ2v) is 7.79. The molecule has 6 heteroatoms. The van der Waals surface area contributed by atoms with Crippen molar-refractivity contribution < 1.29 is 4.79 Å². The Bertz CT molecular complexity index is 518. The van der Waals surface area contributed by atoms with Gasteiger partial charge < -0.3 is 5.32 Å². The Morgan fingerprint density at radius 1 is 1.22 bits per heavy atom. The third-order valence-electron chi connectivity index (χ3n) is 5.23. The third-order valence-corrected chi connectivity index (χ3v) is 6.10. The molecule has 128 valence electrons. The van der Waals surface area contributed by atoms with Crippen LogP contribution >= 0.6 is 11.3 Å². The van der Waals surface area contributed by atoms with Crippen LogP contribution < -0.4 is 10.6 Å². The van der Waals surface area contributed by atoms with Crippen LogP contribution in [0.3, 0.4) is 0 Å². The molecule has 0 atom stereocenters. The van der Waals surface area contributed by atoms with E-state index in [9.17, 15) is 4.79 Å². The second kappa shape index (κ2) is 7.62. The van der Waals surface area contributed by atoms with Gasteiger partial charge in [0.25, 0.3) is 0 Å². The molecule has 0 bridgehead atoms. The summed E-state index contributed by atoms with van der Waals surface area (Å²) in [6.07, 6.45) is 10.3. The molecular weight excluding hydrogens is 308 g/mol. The van der Waals surface area contributed by atoms with E-state index in [2.05, 4.69) is 20.5 Å². The molecular formula is C17H28N4OS. The first-order valence-corrected chi connectivity index (χ1v) is 9.78. The molecule has 2 heterocycles. The molecule has 3 rings (SSSR count). The largest absolute Gasteiger partial charge is 0.336 e. The smallest absolute Gasteiger partial charge is 0.321 e. The zero-order valence-electron chi connectivity index (χ0n) is 14.1. The number of aromatic nitrogens is 1. The summed E-state index contributed by atoms with van der Waals surface area (Å²) in [5.74, 6) is 0. The molecule has 0 aromatic carbocycles. The van der Waals surface area contributed by atoms with Crippen LogP contribution in [0.2, 0.25) is 0 Å². The van der Waals surface area contributed by atoms with Crippen LogP contribution in [0, 0.1) is 6.92 Å². The number of hydrogen-bond donors (Lipinski definition) is 2. The van der Waals surface area contributed by atoms with Crippen molar-refractivity contribution in [1.29, 1.82) is 0 Å². The number of urea groups is 1. The number of carbonyl (C=O) groups is 1. The summed E-state index contributed by atoms with van der Waals surface area (Å²) < 4.78 is 0. The van der Waals surface area contributed by atoms with E-state index in [0.717, 1.165) is 12.2 Å². The number of thiazole rings is 1. The molecule has 2 fully saturated rings. The fourth-order valence-corrected chi connectivity index (χ4v) is 4.66. The highest BCUT2D eigenvalue weighted by Crippen LogP contribution is 2.35. The number of anilines is 1. The maximum Gasteiger partial charge on any atom is 0.321 e. The minimum Gasteiger partial charge on any atom is -0.336 e. The lowest BCUT2D eigenvalue weighted by molar-refractivity contribution is 0.0358. The number of carbonyl (C=O) groups excluding carboxylic acids is 1. The fraction of sp³-hybridized carbons (Fsp3) is 0.765. The van der Waals surface area contributed by atoms with Crippen molar-refractivity contribution in [3.05, 3.63) is 11.1 Å². The molecule has 2 N–H and O–H groups in total. The normalized spacial score (nSPS) is 21.8. The number of hydrogen-bond acceptors (Lipinski definition) is 4. The van der Waals surface area contributed by atoms with E-state index in [0.29, 0.717) is 5.13 Å². The Kier molecular flexibility index (Phi) is 5.54. The Morgan fingerprint density at radius 3 is 2.57 bits per heavy atom. The van der Waals surface area contributed by atoms with Gasteiger partial charge >= 0.3 is 6.03 Å². The van der Waals surface area contributed by atoms with Gasteiger partial charge in [0.2, 0.25) is 0 Å². The van der Waals surface area contributed by atoms with Crippen molar-refractivity contribution in [3.63, 3.8) is 0 Å². The molecule has 2 aliphatic rings. The Morgan fingerprint density at radius 2 is 1.91 bits per heavy atom. The second-order valence-electron chi connectivity index (χ2n) is 6.93. The molecule has 0 spiro atoms. The first-order valence-electron chi connectivity index (χ1n) is 8.90. The molecule has 23 heavy (non-hydrogen) atoms. The van der Waals surface area contributed by atoms with E-state index in [1.165, 1.54) is 75.8 Å². The standard InChI is InChI=1S/C17H28N4OS/c1-14-12-23-16(19-14)20-15(22)18-13-17(8-4-2-5-9-17)21-10-6-3-7-11-21/h12H,2-11,13H2,1H3,(H2,18,19,20,22). The van der Waals surface area contributed by atoms with Crippen LogP contribution in [0.15, 0.2) is 5.38 Å². The number of piperidine rings is 1. The molecule has 5 nitrogen and oxygen atoms in total. The summed E-state index contributed by atoms with van der Waals surface area (Å²) in [5.41, 5.74) is 1.12. The van der Waals surface area contributed by atoms with Gasteiger partial charge in [-0.15, -0.1) is 11.3 Å². The zero-order chi connectivity index (χ0) is 16.1. The molecule has 0 unspecified atom stereocenters. The van der Waals surface area contributed by atoms with Crippen LogP contribution in [-0.4, -0.2) is 41.1 Å². The average Bonchev–Trinajstić information content (AvgIpc) is 2.99. The highest BCUT2D eigenvalue weighted by molar-refractivity contribution is 7.13. The average molecular weight is 337 g/mol. The van der Waals surface area contributed by atoms with E-state index in [1.807, 2.05) is 12.3 Å². The molecule has 1 aromatic heterocycles.